The highest BCUT2D eigenvalue weighted by Crippen LogP contribution is 2.15. The van der Waals surface area contributed by atoms with E-state index in [1.165, 1.54) is 0 Å². The molecule has 0 aliphatic heterocycles. The van der Waals surface area contributed by atoms with Crippen LogP contribution in [0.2, 0.25) is 5.02 Å². The Labute approximate surface area is 150 Å². The van der Waals surface area contributed by atoms with Gasteiger partial charge < -0.3 is 10.2 Å². The molecule has 1 aromatic carbocycles. The highest BCUT2D eigenvalue weighted by molar-refractivity contribution is 6.30. The van der Waals surface area contributed by atoms with Crippen molar-refractivity contribution in [1.82, 2.24) is 10.2 Å². The second-order valence-electron chi connectivity index (χ2n) is 6.07. The maximum Gasteiger partial charge on any atom is 0.242 e. The Morgan fingerprint density at radius 2 is 1.79 bits per heavy atom. The summed E-state index contributed by atoms with van der Waals surface area (Å²) in [4.78, 5) is 26.5. The van der Waals surface area contributed by atoms with Crippen molar-refractivity contribution in [2.24, 2.45) is 0 Å². The third-order valence-corrected chi connectivity index (χ3v) is 4.23. The monoisotopic (exact) mass is 352 g/mol. The molecule has 0 bridgehead atoms. The smallest absolute Gasteiger partial charge is 0.242 e. The van der Waals surface area contributed by atoms with E-state index < -0.39 is 6.04 Å². The van der Waals surface area contributed by atoms with Gasteiger partial charge in [-0.2, -0.15) is 0 Å². The summed E-state index contributed by atoms with van der Waals surface area (Å²) in [5.41, 5.74) is 0.967. The van der Waals surface area contributed by atoms with Crippen molar-refractivity contribution in [1.29, 1.82) is 0 Å². The van der Waals surface area contributed by atoms with E-state index in [0.717, 1.165) is 31.2 Å². The normalized spacial score (nSPS) is 11.8. The van der Waals surface area contributed by atoms with Crippen LogP contribution < -0.4 is 5.32 Å². The Balaban J connectivity index is 2.74. The minimum atomic E-state index is -0.485. The first-order valence-electron chi connectivity index (χ1n) is 8.81. The van der Waals surface area contributed by atoms with Gasteiger partial charge in [0, 0.05) is 24.5 Å². The van der Waals surface area contributed by atoms with Crippen LogP contribution in [0.15, 0.2) is 24.3 Å². The molecule has 0 fully saturated rings. The molecule has 0 spiro atoms. The van der Waals surface area contributed by atoms with Crippen LogP contribution in [0.4, 0.5) is 0 Å². The lowest BCUT2D eigenvalue weighted by atomic mass is 10.1. The molecule has 0 saturated heterocycles. The van der Waals surface area contributed by atoms with Crippen molar-refractivity contribution in [3.8, 4) is 0 Å². The van der Waals surface area contributed by atoms with Gasteiger partial charge in [0.25, 0.3) is 0 Å². The quantitative estimate of drug-likeness (QED) is 0.642. The van der Waals surface area contributed by atoms with E-state index >= 15 is 0 Å². The highest BCUT2D eigenvalue weighted by Gasteiger charge is 2.25. The molecule has 0 aromatic heterocycles. The molecule has 134 valence electrons. The molecule has 0 radical (unpaired) electrons. The van der Waals surface area contributed by atoms with Crippen molar-refractivity contribution < 1.29 is 9.59 Å². The van der Waals surface area contributed by atoms with Gasteiger partial charge in [0.15, 0.2) is 0 Å². The second kappa shape index (κ2) is 11.1. The zero-order valence-corrected chi connectivity index (χ0v) is 15.7. The number of carbonyl (C=O) groups excluding carboxylic acids is 2. The first-order valence-corrected chi connectivity index (χ1v) is 9.19. The molecular formula is C19H29ClN2O2. The van der Waals surface area contributed by atoms with Gasteiger partial charge in [0.1, 0.15) is 6.04 Å². The number of nitrogens with zero attached hydrogens (tertiary/aromatic N) is 1. The fourth-order valence-electron chi connectivity index (χ4n) is 2.46. The molecule has 5 heteroatoms. The molecule has 4 nitrogen and oxygen atoms in total. The van der Waals surface area contributed by atoms with Crippen molar-refractivity contribution in [3.63, 3.8) is 0 Å². The highest BCUT2D eigenvalue weighted by atomic mass is 35.5. The molecule has 2 amide bonds. The average molecular weight is 353 g/mol. The van der Waals surface area contributed by atoms with Gasteiger partial charge in [-0.3, -0.25) is 9.59 Å². The summed E-state index contributed by atoms with van der Waals surface area (Å²) < 4.78 is 0. The summed E-state index contributed by atoms with van der Waals surface area (Å²) >= 11 is 5.91. The maximum absolute atomic E-state index is 12.5. The SMILES string of the molecule is CCCCCNC(=O)C(C)N(Cc1ccc(Cl)cc1)C(=O)CCC. The average Bonchev–Trinajstić information content (AvgIpc) is 2.57. The van der Waals surface area contributed by atoms with Gasteiger partial charge in [-0.15, -0.1) is 0 Å². The predicted octanol–water partition coefficient (Wildman–Crippen LogP) is 4.16. The van der Waals surface area contributed by atoms with Crippen LogP contribution in [0.3, 0.4) is 0 Å². The molecule has 0 saturated carbocycles. The number of rotatable bonds is 10. The van der Waals surface area contributed by atoms with Crippen LogP contribution in [0.5, 0.6) is 0 Å². The lowest BCUT2D eigenvalue weighted by Crippen LogP contribution is -2.47. The minimum absolute atomic E-state index is 0.00339. The Kier molecular flexibility index (Phi) is 9.46. The number of benzene rings is 1. The molecular weight excluding hydrogens is 324 g/mol. The molecule has 24 heavy (non-hydrogen) atoms. The van der Waals surface area contributed by atoms with Crippen LogP contribution in [-0.4, -0.2) is 29.3 Å². The van der Waals surface area contributed by atoms with Gasteiger partial charge >= 0.3 is 0 Å². The van der Waals surface area contributed by atoms with Gasteiger partial charge in [-0.25, -0.2) is 0 Å². The van der Waals surface area contributed by atoms with Crippen molar-refractivity contribution in [2.45, 2.75) is 65.5 Å². The van der Waals surface area contributed by atoms with Crippen molar-refractivity contribution in [3.05, 3.63) is 34.9 Å². The summed E-state index contributed by atoms with van der Waals surface area (Å²) in [5.74, 6) is -0.0897. The summed E-state index contributed by atoms with van der Waals surface area (Å²) in [6, 6.07) is 6.89. The molecule has 0 aliphatic rings. The second-order valence-corrected chi connectivity index (χ2v) is 6.51. The van der Waals surface area contributed by atoms with Crippen LogP contribution in [0.1, 0.15) is 58.4 Å². The van der Waals surface area contributed by atoms with Gasteiger partial charge in [0.2, 0.25) is 11.8 Å². The third-order valence-electron chi connectivity index (χ3n) is 3.98. The van der Waals surface area contributed by atoms with Crippen LogP contribution >= 0.6 is 11.6 Å². The molecule has 0 heterocycles. The number of unbranched alkanes of at least 4 members (excludes halogenated alkanes) is 2. The summed E-state index contributed by atoms with van der Waals surface area (Å²) in [7, 11) is 0. The number of carbonyl (C=O) groups is 2. The minimum Gasteiger partial charge on any atom is -0.354 e. The topological polar surface area (TPSA) is 49.4 Å². The van der Waals surface area contributed by atoms with Crippen LogP contribution in [0, 0.1) is 0 Å². The lowest BCUT2D eigenvalue weighted by Gasteiger charge is -2.28. The Bertz CT molecular complexity index is 517. The zero-order valence-electron chi connectivity index (χ0n) is 15.0. The number of hydrogen-bond acceptors (Lipinski definition) is 2. The first kappa shape index (κ1) is 20.5. The molecule has 1 N–H and O–H groups in total. The fraction of sp³-hybridized carbons (Fsp3) is 0.579. The fourth-order valence-corrected chi connectivity index (χ4v) is 2.59. The van der Waals surface area contributed by atoms with E-state index in [4.69, 9.17) is 11.6 Å². The van der Waals surface area contributed by atoms with Crippen LogP contribution in [-0.2, 0) is 16.1 Å². The molecule has 0 aliphatic carbocycles. The van der Waals surface area contributed by atoms with E-state index in [2.05, 4.69) is 12.2 Å². The summed E-state index contributed by atoms with van der Waals surface area (Å²) in [6.45, 7) is 6.96. The van der Waals surface area contributed by atoms with Gasteiger partial charge in [-0.1, -0.05) is 50.4 Å². The number of nitrogens with one attached hydrogen (secondary N) is 1. The largest absolute Gasteiger partial charge is 0.354 e. The number of hydrogen-bond donors (Lipinski definition) is 1. The summed E-state index contributed by atoms with van der Waals surface area (Å²) in [6.07, 6.45) is 4.39. The van der Waals surface area contributed by atoms with Crippen molar-refractivity contribution in [2.75, 3.05) is 6.54 Å². The van der Waals surface area contributed by atoms with Crippen LogP contribution in [0.25, 0.3) is 0 Å². The summed E-state index contributed by atoms with van der Waals surface area (Å²) in [5, 5.41) is 3.59. The standard InChI is InChI=1S/C19H29ClN2O2/c1-4-6-7-13-21-19(24)15(3)22(18(23)8-5-2)14-16-9-11-17(20)12-10-16/h9-12,15H,4-8,13-14H2,1-3H3,(H,21,24). The Hall–Kier alpha value is -1.55. The predicted molar refractivity (Wildman–Crippen MR) is 98.9 cm³/mol. The maximum atomic E-state index is 12.5. The van der Waals surface area contributed by atoms with Gasteiger partial charge in [-0.05, 0) is 37.5 Å². The number of halogens is 1. The van der Waals surface area contributed by atoms with Gasteiger partial charge in [0.05, 0.1) is 0 Å². The molecule has 1 atom stereocenters. The van der Waals surface area contributed by atoms with E-state index in [9.17, 15) is 9.59 Å². The Morgan fingerprint density at radius 1 is 1.12 bits per heavy atom. The first-order chi connectivity index (χ1) is 11.5. The molecule has 1 unspecified atom stereocenters. The molecule has 1 rings (SSSR count). The van der Waals surface area contributed by atoms with E-state index in [1.54, 1.807) is 24.0 Å². The zero-order chi connectivity index (χ0) is 17.9. The van der Waals surface area contributed by atoms with Crippen molar-refractivity contribution >= 4 is 23.4 Å². The van der Waals surface area contributed by atoms with E-state index in [0.29, 0.717) is 24.5 Å². The Morgan fingerprint density at radius 3 is 2.38 bits per heavy atom. The lowest BCUT2D eigenvalue weighted by molar-refractivity contribution is -0.140. The molecule has 1 aromatic rings. The van der Waals surface area contributed by atoms with E-state index in [-0.39, 0.29) is 11.8 Å². The van der Waals surface area contributed by atoms with E-state index in [1.807, 2.05) is 19.1 Å². The third kappa shape index (κ3) is 6.91. The number of amides is 2.